The number of halogens is 2. The Bertz CT molecular complexity index is 411. The van der Waals surface area contributed by atoms with Gasteiger partial charge in [0.2, 0.25) is 0 Å². The summed E-state index contributed by atoms with van der Waals surface area (Å²) in [5.41, 5.74) is 2.30. The lowest BCUT2D eigenvalue weighted by Crippen LogP contribution is -2.18. The summed E-state index contributed by atoms with van der Waals surface area (Å²) in [5.74, 6) is 1.56. The van der Waals surface area contributed by atoms with Crippen molar-refractivity contribution in [3.63, 3.8) is 0 Å². The standard InChI is InChI=1S/C15H24BrClN2/c1-3-13-15(17)14(19(4-2)18-13)9-12(10-16)11-7-5-6-8-11/h11-12H,3-10H2,1-2H3. The minimum atomic E-state index is 0.701. The smallest absolute Gasteiger partial charge is 0.0849 e. The molecule has 108 valence electrons. The second kappa shape index (κ2) is 7.12. The van der Waals surface area contributed by atoms with Crippen LogP contribution in [0.2, 0.25) is 5.02 Å². The maximum atomic E-state index is 6.52. The van der Waals surface area contributed by atoms with E-state index in [2.05, 4.69) is 39.6 Å². The van der Waals surface area contributed by atoms with Gasteiger partial charge in [0, 0.05) is 11.9 Å². The molecule has 1 aromatic heterocycles. The van der Waals surface area contributed by atoms with Crippen molar-refractivity contribution in [2.75, 3.05) is 5.33 Å². The van der Waals surface area contributed by atoms with Crippen LogP contribution in [-0.2, 0) is 19.4 Å². The molecule has 1 aliphatic rings. The average molecular weight is 348 g/mol. The SMILES string of the molecule is CCc1nn(CC)c(CC(CBr)C2CCCC2)c1Cl. The van der Waals surface area contributed by atoms with E-state index in [0.29, 0.717) is 5.92 Å². The summed E-state index contributed by atoms with van der Waals surface area (Å²) >= 11 is 10.2. The lowest BCUT2D eigenvalue weighted by Gasteiger charge is -2.21. The predicted octanol–water partition coefficient (Wildman–Crippen LogP) is 4.86. The zero-order chi connectivity index (χ0) is 13.8. The largest absolute Gasteiger partial charge is 0.268 e. The van der Waals surface area contributed by atoms with Gasteiger partial charge in [0.25, 0.3) is 0 Å². The molecule has 0 spiro atoms. The average Bonchev–Trinajstić information content (AvgIpc) is 3.04. The number of nitrogens with zero attached hydrogens (tertiary/aromatic N) is 2. The zero-order valence-electron chi connectivity index (χ0n) is 12.0. The molecular weight excluding hydrogens is 324 g/mol. The van der Waals surface area contributed by atoms with Crippen LogP contribution in [0.25, 0.3) is 0 Å². The lowest BCUT2D eigenvalue weighted by molar-refractivity contribution is 0.364. The van der Waals surface area contributed by atoms with Gasteiger partial charge >= 0.3 is 0 Å². The number of hydrogen-bond acceptors (Lipinski definition) is 1. The van der Waals surface area contributed by atoms with Crippen molar-refractivity contribution < 1.29 is 0 Å². The Hall–Kier alpha value is -0.0200. The van der Waals surface area contributed by atoms with Crippen molar-refractivity contribution in [1.29, 1.82) is 0 Å². The molecule has 2 nitrogen and oxygen atoms in total. The quantitative estimate of drug-likeness (QED) is 0.672. The Morgan fingerprint density at radius 1 is 1.37 bits per heavy atom. The summed E-state index contributed by atoms with van der Waals surface area (Å²) in [5, 5.41) is 6.61. The van der Waals surface area contributed by atoms with E-state index in [4.69, 9.17) is 11.6 Å². The predicted molar refractivity (Wildman–Crippen MR) is 85.2 cm³/mol. The molecule has 1 unspecified atom stereocenters. The molecule has 0 bridgehead atoms. The summed E-state index contributed by atoms with van der Waals surface area (Å²) in [6, 6.07) is 0. The molecule has 0 aliphatic heterocycles. The van der Waals surface area contributed by atoms with E-state index in [1.54, 1.807) is 0 Å². The van der Waals surface area contributed by atoms with Gasteiger partial charge < -0.3 is 0 Å². The van der Waals surface area contributed by atoms with E-state index < -0.39 is 0 Å². The van der Waals surface area contributed by atoms with E-state index in [-0.39, 0.29) is 0 Å². The van der Waals surface area contributed by atoms with Gasteiger partial charge in [-0.2, -0.15) is 5.10 Å². The molecule has 0 aromatic carbocycles. The van der Waals surface area contributed by atoms with Gasteiger partial charge in [-0.1, -0.05) is 60.1 Å². The molecule has 0 radical (unpaired) electrons. The van der Waals surface area contributed by atoms with Crippen LogP contribution in [0.1, 0.15) is 50.9 Å². The lowest BCUT2D eigenvalue weighted by atomic mass is 9.88. The molecule has 1 fully saturated rings. The molecule has 1 atom stereocenters. The first kappa shape index (κ1) is 15.4. The first-order chi connectivity index (χ1) is 9.21. The molecule has 1 aromatic rings. The number of aromatic nitrogens is 2. The molecule has 4 heteroatoms. The summed E-state index contributed by atoms with van der Waals surface area (Å²) < 4.78 is 2.10. The fourth-order valence-electron chi connectivity index (χ4n) is 3.24. The third-order valence-electron chi connectivity index (χ3n) is 4.41. The van der Waals surface area contributed by atoms with Gasteiger partial charge in [0.15, 0.2) is 0 Å². The highest BCUT2D eigenvalue weighted by molar-refractivity contribution is 9.09. The Morgan fingerprint density at radius 2 is 2.05 bits per heavy atom. The molecule has 0 saturated heterocycles. The molecule has 1 heterocycles. The van der Waals surface area contributed by atoms with Gasteiger partial charge in [-0.15, -0.1) is 0 Å². The second-order valence-electron chi connectivity index (χ2n) is 5.54. The van der Waals surface area contributed by atoms with Gasteiger partial charge in [-0.3, -0.25) is 4.68 Å². The molecule has 19 heavy (non-hydrogen) atoms. The first-order valence-electron chi connectivity index (χ1n) is 7.51. The van der Waals surface area contributed by atoms with Gasteiger partial charge in [-0.25, -0.2) is 0 Å². The highest BCUT2D eigenvalue weighted by Gasteiger charge is 2.27. The van der Waals surface area contributed by atoms with E-state index in [0.717, 1.165) is 41.4 Å². The molecular formula is C15H24BrClN2. The fraction of sp³-hybridized carbons (Fsp3) is 0.800. The molecule has 1 saturated carbocycles. The summed E-state index contributed by atoms with van der Waals surface area (Å²) in [6.45, 7) is 5.18. The summed E-state index contributed by atoms with van der Waals surface area (Å²) in [6.07, 6.45) is 7.55. The second-order valence-corrected chi connectivity index (χ2v) is 6.57. The topological polar surface area (TPSA) is 17.8 Å². The number of hydrogen-bond donors (Lipinski definition) is 0. The fourth-order valence-corrected chi connectivity index (χ4v) is 4.34. The van der Waals surface area contributed by atoms with Crippen LogP contribution in [-0.4, -0.2) is 15.1 Å². The van der Waals surface area contributed by atoms with Crippen LogP contribution in [0.4, 0.5) is 0 Å². The van der Waals surface area contributed by atoms with Crippen LogP contribution in [0.15, 0.2) is 0 Å². The van der Waals surface area contributed by atoms with Crippen molar-refractivity contribution in [2.45, 2.75) is 58.9 Å². The highest BCUT2D eigenvalue weighted by atomic mass is 79.9. The van der Waals surface area contributed by atoms with Gasteiger partial charge in [0.1, 0.15) is 0 Å². The number of alkyl halides is 1. The Kier molecular flexibility index (Phi) is 5.76. The monoisotopic (exact) mass is 346 g/mol. The van der Waals surface area contributed by atoms with Crippen molar-refractivity contribution >= 4 is 27.5 Å². The molecule has 0 N–H and O–H groups in total. The molecule has 0 amide bonds. The summed E-state index contributed by atoms with van der Waals surface area (Å²) in [7, 11) is 0. The third-order valence-corrected chi connectivity index (χ3v) is 5.68. The van der Waals surface area contributed by atoms with E-state index in [9.17, 15) is 0 Å². The first-order valence-corrected chi connectivity index (χ1v) is 9.01. The van der Waals surface area contributed by atoms with Crippen LogP contribution in [0.5, 0.6) is 0 Å². The van der Waals surface area contributed by atoms with Crippen molar-refractivity contribution in [3.8, 4) is 0 Å². The van der Waals surface area contributed by atoms with E-state index in [1.807, 2.05) is 0 Å². The highest BCUT2D eigenvalue weighted by Crippen LogP contribution is 2.35. The van der Waals surface area contributed by atoms with Crippen LogP contribution in [0, 0.1) is 11.8 Å². The van der Waals surface area contributed by atoms with Gasteiger partial charge in [-0.05, 0) is 31.6 Å². The van der Waals surface area contributed by atoms with E-state index in [1.165, 1.54) is 31.4 Å². The maximum Gasteiger partial charge on any atom is 0.0849 e. The van der Waals surface area contributed by atoms with Gasteiger partial charge in [0.05, 0.1) is 16.4 Å². The number of aryl methyl sites for hydroxylation is 2. The van der Waals surface area contributed by atoms with Crippen molar-refractivity contribution in [1.82, 2.24) is 9.78 Å². The Balaban J connectivity index is 2.18. The third kappa shape index (κ3) is 3.36. The Labute approximate surface area is 130 Å². The normalized spacial score (nSPS) is 18.1. The maximum absolute atomic E-state index is 6.52. The van der Waals surface area contributed by atoms with Crippen LogP contribution in [0.3, 0.4) is 0 Å². The minimum Gasteiger partial charge on any atom is -0.268 e. The van der Waals surface area contributed by atoms with Crippen molar-refractivity contribution in [2.24, 2.45) is 11.8 Å². The minimum absolute atomic E-state index is 0.701. The van der Waals surface area contributed by atoms with E-state index >= 15 is 0 Å². The molecule has 2 rings (SSSR count). The van der Waals surface area contributed by atoms with Crippen LogP contribution >= 0.6 is 27.5 Å². The zero-order valence-corrected chi connectivity index (χ0v) is 14.3. The number of rotatable bonds is 6. The summed E-state index contributed by atoms with van der Waals surface area (Å²) in [4.78, 5) is 0. The Morgan fingerprint density at radius 3 is 2.58 bits per heavy atom. The van der Waals surface area contributed by atoms with Crippen LogP contribution < -0.4 is 0 Å². The van der Waals surface area contributed by atoms with Crippen molar-refractivity contribution in [3.05, 3.63) is 16.4 Å². The molecule has 1 aliphatic carbocycles.